The van der Waals surface area contributed by atoms with Gasteiger partial charge in [0.2, 0.25) is 5.91 Å². The van der Waals surface area contributed by atoms with Crippen LogP contribution in [0.15, 0.2) is 65.0 Å². The van der Waals surface area contributed by atoms with Crippen LogP contribution in [0.2, 0.25) is 0 Å². The Bertz CT molecular complexity index is 922. The number of benzene rings is 1. The number of phenolic OH excluding ortho intramolecular Hbond substituents is 1. The number of amides is 1. The molecular weight excluding hydrogens is 320 g/mol. The molecule has 2 aliphatic heterocycles. The van der Waals surface area contributed by atoms with Gasteiger partial charge in [-0.05, 0) is 30.3 Å². The Kier molecular flexibility index (Phi) is 3.35. The number of rotatable bonds is 1. The molecule has 1 unspecified atom stereocenters. The van der Waals surface area contributed by atoms with E-state index in [9.17, 15) is 14.7 Å². The van der Waals surface area contributed by atoms with Crippen LogP contribution in [0.5, 0.6) is 5.75 Å². The van der Waals surface area contributed by atoms with E-state index in [1.807, 2.05) is 0 Å². The number of hydrogen-bond acceptors (Lipinski definition) is 5. The maximum Gasteiger partial charge on any atom is 0.238 e. The van der Waals surface area contributed by atoms with Crippen molar-refractivity contribution in [1.82, 2.24) is 5.32 Å². The molecule has 1 atom stereocenters. The van der Waals surface area contributed by atoms with Crippen LogP contribution >= 0.6 is 0 Å². The molecule has 0 aromatic heterocycles. The van der Waals surface area contributed by atoms with Gasteiger partial charge in [-0.25, -0.2) is 4.99 Å². The van der Waals surface area contributed by atoms with E-state index >= 15 is 0 Å². The Balaban J connectivity index is 1.74. The molecule has 0 saturated carbocycles. The molecule has 7 heteroatoms. The minimum absolute atomic E-state index is 0.0116. The highest BCUT2D eigenvalue weighted by molar-refractivity contribution is 6.34. The van der Waals surface area contributed by atoms with Crippen molar-refractivity contribution in [3.8, 4) is 5.75 Å². The molecule has 7 nitrogen and oxygen atoms in total. The van der Waals surface area contributed by atoms with Crippen molar-refractivity contribution >= 4 is 28.9 Å². The van der Waals surface area contributed by atoms with E-state index in [0.717, 1.165) is 0 Å². The number of aromatic hydroxyl groups is 1. The van der Waals surface area contributed by atoms with Crippen LogP contribution in [-0.2, 0) is 9.59 Å². The highest BCUT2D eigenvalue weighted by Crippen LogP contribution is 2.28. The fourth-order valence-corrected chi connectivity index (χ4v) is 3.00. The van der Waals surface area contributed by atoms with Gasteiger partial charge in [-0.15, -0.1) is 0 Å². The molecule has 0 radical (unpaired) electrons. The second-order valence-corrected chi connectivity index (χ2v) is 5.85. The maximum absolute atomic E-state index is 12.5. The number of Topliss-reactive ketones (excluding diaryl/α,β-unsaturated/α-hetero) is 1. The summed E-state index contributed by atoms with van der Waals surface area (Å²) in [4.78, 5) is 30.6. The predicted molar refractivity (Wildman–Crippen MR) is 92.6 cm³/mol. The fourth-order valence-electron chi connectivity index (χ4n) is 3.00. The van der Waals surface area contributed by atoms with Crippen molar-refractivity contribution in [3.05, 3.63) is 60.0 Å². The van der Waals surface area contributed by atoms with Crippen LogP contribution in [0.3, 0.4) is 0 Å². The number of phenols is 1. The average Bonchev–Trinajstić information content (AvgIpc) is 2.90. The minimum atomic E-state index is -0.465. The number of fused-ring (bicyclic) bond motifs is 1. The quantitative estimate of drug-likeness (QED) is 0.673. The van der Waals surface area contributed by atoms with Crippen LogP contribution in [0.25, 0.3) is 0 Å². The number of anilines is 1. The number of hydrogen-bond donors (Lipinski definition) is 3. The van der Waals surface area contributed by atoms with Crippen LogP contribution < -0.4 is 10.2 Å². The molecule has 0 spiro atoms. The summed E-state index contributed by atoms with van der Waals surface area (Å²) in [5.74, 6) is -0.818. The Morgan fingerprint density at radius 3 is 2.72 bits per heavy atom. The van der Waals surface area contributed by atoms with E-state index in [0.29, 0.717) is 11.4 Å². The minimum Gasteiger partial charge on any atom is -0.508 e. The summed E-state index contributed by atoms with van der Waals surface area (Å²) in [6.45, 7) is -0.0116. The maximum atomic E-state index is 12.5. The topological polar surface area (TPSA) is 106 Å². The molecule has 0 bridgehead atoms. The summed E-state index contributed by atoms with van der Waals surface area (Å²) >= 11 is 0. The molecule has 2 heterocycles. The number of aliphatic imine (C=N–C) groups is 1. The lowest BCUT2D eigenvalue weighted by Crippen LogP contribution is -2.39. The molecule has 124 valence electrons. The lowest BCUT2D eigenvalue weighted by Gasteiger charge is -2.23. The van der Waals surface area contributed by atoms with Gasteiger partial charge in [0, 0.05) is 5.69 Å². The molecular formula is C18H14N4O3. The zero-order valence-corrected chi connectivity index (χ0v) is 13.1. The van der Waals surface area contributed by atoms with Crippen molar-refractivity contribution in [3.63, 3.8) is 0 Å². The van der Waals surface area contributed by atoms with Crippen molar-refractivity contribution in [1.29, 1.82) is 5.41 Å². The van der Waals surface area contributed by atoms with Gasteiger partial charge in [-0.2, -0.15) is 0 Å². The molecule has 1 fully saturated rings. The van der Waals surface area contributed by atoms with Crippen LogP contribution in [0.4, 0.5) is 5.69 Å². The Morgan fingerprint density at radius 2 is 1.96 bits per heavy atom. The zero-order valence-electron chi connectivity index (χ0n) is 13.1. The van der Waals surface area contributed by atoms with Crippen molar-refractivity contribution in [2.24, 2.45) is 10.9 Å². The van der Waals surface area contributed by atoms with Crippen molar-refractivity contribution in [2.45, 2.75) is 0 Å². The van der Waals surface area contributed by atoms with Gasteiger partial charge in [0.1, 0.15) is 23.0 Å². The highest BCUT2D eigenvalue weighted by Gasteiger charge is 2.37. The molecule has 25 heavy (non-hydrogen) atoms. The first-order valence-corrected chi connectivity index (χ1v) is 7.72. The van der Waals surface area contributed by atoms with E-state index in [1.165, 1.54) is 17.0 Å². The molecule has 1 aromatic rings. The average molecular weight is 334 g/mol. The van der Waals surface area contributed by atoms with Gasteiger partial charge in [0.15, 0.2) is 5.78 Å². The molecule has 1 aromatic carbocycles. The van der Waals surface area contributed by atoms with Gasteiger partial charge in [0.25, 0.3) is 0 Å². The van der Waals surface area contributed by atoms with E-state index < -0.39 is 5.92 Å². The van der Waals surface area contributed by atoms with E-state index in [4.69, 9.17) is 5.41 Å². The van der Waals surface area contributed by atoms with Crippen LogP contribution in [0, 0.1) is 11.3 Å². The first-order chi connectivity index (χ1) is 12.0. The number of carbonyl (C=O) groups excluding carboxylic acids is 2. The van der Waals surface area contributed by atoms with Gasteiger partial charge < -0.3 is 15.3 Å². The first-order valence-electron chi connectivity index (χ1n) is 7.72. The number of ketones is 1. The van der Waals surface area contributed by atoms with Crippen molar-refractivity contribution < 1.29 is 14.7 Å². The monoisotopic (exact) mass is 334 g/mol. The zero-order chi connectivity index (χ0) is 17.6. The van der Waals surface area contributed by atoms with Crippen molar-refractivity contribution in [2.75, 3.05) is 11.4 Å². The second-order valence-electron chi connectivity index (χ2n) is 5.85. The summed E-state index contributed by atoms with van der Waals surface area (Å²) in [7, 11) is 0. The summed E-state index contributed by atoms with van der Waals surface area (Å²) in [6, 6.07) is 6.23. The number of carbonyl (C=O) groups is 2. The van der Waals surface area contributed by atoms with E-state index in [-0.39, 0.29) is 41.2 Å². The number of allylic oxidation sites excluding steroid dienone is 3. The molecule has 1 aliphatic carbocycles. The molecule has 3 N–H and O–H groups in total. The Hall–Kier alpha value is -3.48. The van der Waals surface area contributed by atoms with Crippen LogP contribution in [-0.4, -0.2) is 34.9 Å². The lowest BCUT2D eigenvalue weighted by molar-refractivity contribution is -0.121. The third-order valence-electron chi connectivity index (χ3n) is 4.25. The van der Waals surface area contributed by atoms with E-state index in [1.54, 1.807) is 36.4 Å². The molecule has 1 amide bonds. The number of nitrogens with one attached hydrogen (secondary N) is 2. The third kappa shape index (κ3) is 2.46. The van der Waals surface area contributed by atoms with Gasteiger partial charge in [0.05, 0.1) is 18.2 Å². The van der Waals surface area contributed by atoms with Gasteiger partial charge in [-0.1, -0.05) is 18.2 Å². The molecule has 1 saturated heterocycles. The lowest BCUT2D eigenvalue weighted by atomic mass is 9.95. The Labute approximate surface area is 143 Å². The molecule has 4 rings (SSSR count). The highest BCUT2D eigenvalue weighted by atomic mass is 16.3. The number of nitrogens with zero attached hydrogens (tertiary/aromatic N) is 2. The second kappa shape index (κ2) is 5.55. The van der Waals surface area contributed by atoms with Crippen LogP contribution in [0.1, 0.15) is 0 Å². The largest absolute Gasteiger partial charge is 0.508 e. The normalized spacial score (nSPS) is 25.1. The summed E-state index contributed by atoms with van der Waals surface area (Å²) in [5, 5.41) is 20.4. The van der Waals surface area contributed by atoms with Gasteiger partial charge >= 0.3 is 0 Å². The molecule has 3 aliphatic rings. The Morgan fingerprint density at radius 1 is 1.20 bits per heavy atom. The summed E-state index contributed by atoms with van der Waals surface area (Å²) in [5.41, 5.74) is 1.26. The SMILES string of the molecule is N=C1/C(=C2/N=C3C=CC=CC3C(=O)N2)C(=O)CN1c1ccc(O)cc1. The predicted octanol–water partition coefficient (Wildman–Crippen LogP) is 1.28. The summed E-state index contributed by atoms with van der Waals surface area (Å²) < 4.78 is 0. The number of amidine groups is 1. The van der Waals surface area contributed by atoms with E-state index in [2.05, 4.69) is 10.3 Å². The standard InChI is InChI=1S/C18H14N4O3/c19-16-15(14(24)9-22(16)10-5-7-11(23)8-6-10)17-20-13-4-2-1-3-12(13)18(25)21-17/h1-8,12,19,23H,9H2,(H,21,25)/b17-15-,19-16?. The summed E-state index contributed by atoms with van der Waals surface area (Å²) in [6.07, 6.45) is 7.02. The fraction of sp³-hybridized carbons (Fsp3) is 0.111. The third-order valence-corrected chi connectivity index (χ3v) is 4.25. The smallest absolute Gasteiger partial charge is 0.238 e. The van der Waals surface area contributed by atoms with Gasteiger partial charge in [-0.3, -0.25) is 15.0 Å². The first kappa shape index (κ1) is 15.1.